The summed E-state index contributed by atoms with van der Waals surface area (Å²) >= 11 is 0. The van der Waals surface area contributed by atoms with E-state index in [1.165, 1.54) is 5.56 Å². The monoisotopic (exact) mass is 420 g/mol. The van der Waals surface area contributed by atoms with Crippen molar-refractivity contribution in [2.24, 2.45) is 0 Å². The Bertz CT molecular complexity index is 591. The summed E-state index contributed by atoms with van der Waals surface area (Å²) in [5.74, 6) is 0. The zero-order valence-corrected chi connectivity index (χ0v) is 19.2. The second-order valence-electron chi connectivity index (χ2n) is 8.83. The SMILES string of the molecule is C1CNCCN1.COCCC1CN(Cc2ccccc2)CCN1C(=O)OC(C)(C)C. The van der Waals surface area contributed by atoms with Crippen molar-refractivity contribution >= 4 is 6.09 Å². The Kier molecular flexibility index (Phi) is 10.6. The normalized spacial score (nSPS) is 20.3. The van der Waals surface area contributed by atoms with Gasteiger partial charge in [-0.15, -0.1) is 0 Å². The van der Waals surface area contributed by atoms with E-state index in [2.05, 4.69) is 39.8 Å². The van der Waals surface area contributed by atoms with Gasteiger partial charge in [0.2, 0.25) is 0 Å². The van der Waals surface area contributed by atoms with Crippen molar-refractivity contribution in [3.63, 3.8) is 0 Å². The molecule has 2 saturated heterocycles. The third-order valence-corrected chi connectivity index (χ3v) is 5.06. The maximum atomic E-state index is 12.5. The lowest BCUT2D eigenvalue weighted by Gasteiger charge is -2.41. The predicted molar refractivity (Wildman–Crippen MR) is 121 cm³/mol. The van der Waals surface area contributed by atoms with E-state index in [9.17, 15) is 4.79 Å². The third-order valence-electron chi connectivity index (χ3n) is 5.06. The third kappa shape index (κ3) is 9.43. The van der Waals surface area contributed by atoms with Crippen LogP contribution in [0.4, 0.5) is 4.79 Å². The summed E-state index contributed by atoms with van der Waals surface area (Å²) in [4.78, 5) is 16.8. The number of hydrogen-bond donors (Lipinski definition) is 2. The Hall–Kier alpha value is -1.67. The molecule has 2 aliphatic heterocycles. The minimum atomic E-state index is -0.468. The molecule has 1 amide bonds. The molecule has 2 N–H and O–H groups in total. The zero-order chi connectivity index (χ0) is 21.8. The predicted octanol–water partition coefficient (Wildman–Crippen LogP) is 2.32. The van der Waals surface area contributed by atoms with Crippen LogP contribution in [-0.2, 0) is 16.0 Å². The molecule has 0 bridgehead atoms. The number of methoxy groups -OCH3 is 1. The molecule has 1 atom stereocenters. The molecular weight excluding hydrogens is 380 g/mol. The lowest BCUT2D eigenvalue weighted by atomic mass is 10.1. The molecule has 30 heavy (non-hydrogen) atoms. The van der Waals surface area contributed by atoms with Crippen LogP contribution < -0.4 is 10.6 Å². The van der Waals surface area contributed by atoms with E-state index in [0.717, 1.165) is 52.2 Å². The van der Waals surface area contributed by atoms with Crippen LogP contribution in [0.5, 0.6) is 0 Å². The molecule has 7 nitrogen and oxygen atoms in total. The van der Waals surface area contributed by atoms with Crippen LogP contribution in [0.3, 0.4) is 0 Å². The zero-order valence-electron chi connectivity index (χ0n) is 19.2. The van der Waals surface area contributed by atoms with Crippen molar-refractivity contribution in [2.45, 2.75) is 45.4 Å². The fraction of sp³-hybridized carbons (Fsp3) is 0.696. The standard InChI is InChI=1S/C19H30N2O3.C4H10N2/c1-19(2,3)24-18(22)21-12-11-20(15-17(21)10-13-23-4)14-16-8-6-5-7-9-16;1-2-6-4-3-5-1/h5-9,17H,10-15H2,1-4H3;5-6H,1-4H2. The van der Waals surface area contributed by atoms with Gasteiger partial charge in [0.25, 0.3) is 0 Å². The molecule has 0 saturated carbocycles. The van der Waals surface area contributed by atoms with Gasteiger partial charge in [0.1, 0.15) is 5.60 Å². The van der Waals surface area contributed by atoms with Crippen LogP contribution in [0.15, 0.2) is 30.3 Å². The molecule has 2 aliphatic rings. The molecule has 0 aromatic heterocycles. The topological polar surface area (TPSA) is 66.1 Å². The molecule has 1 unspecified atom stereocenters. The first kappa shape index (κ1) is 24.6. The van der Waals surface area contributed by atoms with Crippen molar-refractivity contribution in [3.05, 3.63) is 35.9 Å². The Labute approximate surface area is 182 Å². The maximum Gasteiger partial charge on any atom is 0.410 e. The number of hydrogen-bond acceptors (Lipinski definition) is 6. The van der Waals surface area contributed by atoms with Gasteiger partial charge in [-0.1, -0.05) is 30.3 Å². The first-order valence-electron chi connectivity index (χ1n) is 11.1. The summed E-state index contributed by atoms with van der Waals surface area (Å²) in [7, 11) is 1.70. The lowest BCUT2D eigenvalue weighted by molar-refractivity contribution is -0.00740. The quantitative estimate of drug-likeness (QED) is 0.762. The number of benzene rings is 1. The molecule has 2 fully saturated rings. The van der Waals surface area contributed by atoms with Crippen molar-refractivity contribution in [1.29, 1.82) is 0 Å². The van der Waals surface area contributed by atoms with Crippen molar-refractivity contribution in [1.82, 2.24) is 20.4 Å². The highest BCUT2D eigenvalue weighted by Crippen LogP contribution is 2.19. The van der Waals surface area contributed by atoms with Gasteiger partial charge in [0.05, 0.1) is 0 Å². The number of piperazine rings is 2. The van der Waals surface area contributed by atoms with Crippen molar-refractivity contribution in [2.75, 3.05) is 59.5 Å². The van der Waals surface area contributed by atoms with E-state index in [0.29, 0.717) is 13.2 Å². The molecule has 0 radical (unpaired) electrons. The van der Waals surface area contributed by atoms with Crippen molar-refractivity contribution in [3.8, 4) is 0 Å². The number of nitrogens with zero attached hydrogens (tertiary/aromatic N) is 2. The summed E-state index contributed by atoms with van der Waals surface area (Å²) in [6, 6.07) is 10.6. The van der Waals surface area contributed by atoms with E-state index in [1.54, 1.807) is 7.11 Å². The second-order valence-corrected chi connectivity index (χ2v) is 8.83. The summed E-state index contributed by atoms with van der Waals surface area (Å²) in [6.45, 7) is 14.2. The number of ether oxygens (including phenoxy) is 2. The van der Waals surface area contributed by atoms with E-state index < -0.39 is 5.60 Å². The number of rotatable bonds is 5. The van der Waals surface area contributed by atoms with E-state index in [4.69, 9.17) is 9.47 Å². The number of amides is 1. The first-order chi connectivity index (χ1) is 14.4. The molecule has 1 aromatic rings. The molecule has 7 heteroatoms. The molecule has 0 aliphatic carbocycles. The largest absolute Gasteiger partial charge is 0.444 e. The average Bonchev–Trinajstić information content (AvgIpc) is 2.73. The van der Waals surface area contributed by atoms with Crippen LogP contribution in [0.25, 0.3) is 0 Å². The van der Waals surface area contributed by atoms with Gasteiger partial charge in [0, 0.05) is 72.1 Å². The summed E-state index contributed by atoms with van der Waals surface area (Å²) in [6.07, 6.45) is 0.601. The van der Waals surface area contributed by atoms with Gasteiger partial charge in [-0.25, -0.2) is 4.79 Å². The smallest absolute Gasteiger partial charge is 0.410 e. The van der Waals surface area contributed by atoms with Gasteiger partial charge in [-0.05, 0) is 32.8 Å². The maximum absolute atomic E-state index is 12.5. The molecule has 0 spiro atoms. The van der Waals surface area contributed by atoms with Gasteiger partial charge in [-0.2, -0.15) is 0 Å². The minimum absolute atomic E-state index is 0.122. The van der Waals surface area contributed by atoms with Crippen LogP contribution in [0, 0.1) is 0 Å². The molecule has 1 aromatic carbocycles. The Morgan fingerprint density at radius 2 is 1.70 bits per heavy atom. The highest BCUT2D eigenvalue weighted by Gasteiger charge is 2.33. The Morgan fingerprint density at radius 1 is 1.07 bits per heavy atom. The fourth-order valence-electron chi connectivity index (χ4n) is 3.57. The summed E-state index contributed by atoms with van der Waals surface area (Å²) in [5, 5.41) is 6.44. The van der Waals surface area contributed by atoms with E-state index in [-0.39, 0.29) is 12.1 Å². The minimum Gasteiger partial charge on any atom is -0.444 e. The highest BCUT2D eigenvalue weighted by atomic mass is 16.6. The lowest BCUT2D eigenvalue weighted by Crippen LogP contribution is -2.56. The second kappa shape index (κ2) is 12.9. The van der Waals surface area contributed by atoms with E-state index in [1.807, 2.05) is 31.7 Å². The van der Waals surface area contributed by atoms with E-state index >= 15 is 0 Å². The van der Waals surface area contributed by atoms with Crippen LogP contribution in [0.2, 0.25) is 0 Å². The van der Waals surface area contributed by atoms with Crippen LogP contribution >= 0.6 is 0 Å². The van der Waals surface area contributed by atoms with Gasteiger partial charge >= 0.3 is 6.09 Å². The number of carbonyl (C=O) groups excluding carboxylic acids is 1. The Morgan fingerprint density at radius 3 is 2.23 bits per heavy atom. The first-order valence-corrected chi connectivity index (χ1v) is 11.1. The molecule has 2 heterocycles. The Balaban J connectivity index is 0.000000456. The number of carbonyl (C=O) groups is 1. The van der Waals surface area contributed by atoms with Crippen LogP contribution in [-0.4, -0.2) is 87.1 Å². The molecule has 3 rings (SSSR count). The molecular formula is C23H40N4O3. The van der Waals surface area contributed by atoms with Gasteiger partial charge < -0.3 is 25.0 Å². The van der Waals surface area contributed by atoms with Gasteiger partial charge in [0.15, 0.2) is 0 Å². The summed E-state index contributed by atoms with van der Waals surface area (Å²) < 4.78 is 10.8. The van der Waals surface area contributed by atoms with Gasteiger partial charge in [-0.3, -0.25) is 4.90 Å². The average molecular weight is 421 g/mol. The number of nitrogens with one attached hydrogen (secondary N) is 2. The van der Waals surface area contributed by atoms with Crippen LogP contribution in [0.1, 0.15) is 32.8 Å². The molecule has 170 valence electrons. The fourth-order valence-corrected chi connectivity index (χ4v) is 3.57. The van der Waals surface area contributed by atoms with Crippen molar-refractivity contribution < 1.29 is 14.3 Å². The highest BCUT2D eigenvalue weighted by molar-refractivity contribution is 5.68. The summed E-state index contributed by atoms with van der Waals surface area (Å²) in [5.41, 5.74) is 0.832.